The lowest BCUT2D eigenvalue weighted by atomic mass is 10.2. The van der Waals surface area contributed by atoms with Crippen molar-refractivity contribution in [1.82, 2.24) is 25.3 Å². The Morgan fingerprint density at radius 1 is 1.04 bits per heavy atom. The minimum Gasteiger partial charge on any atom is -0.367 e. The Morgan fingerprint density at radius 3 is 2.64 bits per heavy atom. The van der Waals surface area contributed by atoms with Crippen LogP contribution < -0.4 is 10.6 Å². The summed E-state index contributed by atoms with van der Waals surface area (Å²) in [5.41, 5.74) is 0.989. The lowest BCUT2D eigenvalue weighted by Gasteiger charge is -2.06. The van der Waals surface area contributed by atoms with Gasteiger partial charge in [-0.15, -0.1) is 10.2 Å². The van der Waals surface area contributed by atoms with Crippen molar-refractivity contribution in [2.24, 2.45) is 0 Å². The third-order valence-electron chi connectivity index (χ3n) is 3.35. The molecule has 0 saturated heterocycles. The zero-order chi connectivity index (χ0) is 17.3. The summed E-state index contributed by atoms with van der Waals surface area (Å²) in [6.45, 7) is 1.04. The molecule has 0 unspecified atom stereocenters. The van der Waals surface area contributed by atoms with Crippen LogP contribution in [-0.2, 0) is 4.79 Å². The first kappa shape index (κ1) is 16.4. The summed E-state index contributed by atoms with van der Waals surface area (Å²) in [4.78, 5) is 11.7. The average Bonchev–Trinajstić information content (AvgIpc) is 3.20. The van der Waals surface area contributed by atoms with Gasteiger partial charge in [-0.2, -0.15) is 5.10 Å². The Bertz CT molecular complexity index is 813. The number of carbonyl (C=O) groups is 1. The molecule has 7 heteroatoms. The number of aromatic nitrogens is 4. The summed E-state index contributed by atoms with van der Waals surface area (Å²) in [6, 6.07) is 15.1. The van der Waals surface area contributed by atoms with Gasteiger partial charge < -0.3 is 10.6 Å². The van der Waals surface area contributed by atoms with Gasteiger partial charge in [0.05, 0.1) is 0 Å². The Kier molecular flexibility index (Phi) is 5.50. The molecule has 0 aliphatic heterocycles. The summed E-state index contributed by atoms with van der Waals surface area (Å²) in [7, 11) is 0. The summed E-state index contributed by atoms with van der Waals surface area (Å²) in [5.74, 6) is 1.16. The van der Waals surface area contributed by atoms with E-state index in [1.165, 1.54) is 6.08 Å². The summed E-state index contributed by atoms with van der Waals surface area (Å²) in [6.07, 6.45) is 6.79. The maximum atomic E-state index is 11.7. The fraction of sp³-hybridized carbons (Fsp3) is 0.111. The van der Waals surface area contributed by atoms with E-state index in [9.17, 15) is 4.79 Å². The van der Waals surface area contributed by atoms with Gasteiger partial charge in [-0.05, 0) is 29.8 Å². The van der Waals surface area contributed by atoms with Crippen LogP contribution >= 0.6 is 0 Å². The standard InChI is InChI=1S/C18H18N6O/c25-18(10-7-15-5-2-1-3-6-15)20-13-12-19-16-8-9-17(23-22-16)24-14-4-11-21-24/h1-11,14H,12-13H2,(H,19,22)(H,20,25)/b10-7+. The molecule has 0 aliphatic rings. The molecule has 1 aromatic carbocycles. The van der Waals surface area contributed by atoms with Crippen molar-refractivity contribution >= 4 is 17.8 Å². The van der Waals surface area contributed by atoms with Gasteiger partial charge in [0.15, 0.2) is 5.82 Å². The minimum atomic E-state index is -0.134. The minimum absolute atomic E-state index is 0.134. The molecule has 3 rings (SSSR count). The molecule has 2 N–H and O–H groups in total. The molecule has 0 spiro atoms. The van der Waals surface area contributed by atoms with E-state index < -0.39 is 0 Å². The van der Waals surface area contributed by atoms with E-state index in [4.69, 9.17) is 0 Å². The molecule has 3 aromatic rings. The summed E-state index contributed by atoms with van der Waals surface area (Å²) < 4.78 is 1.63. The molecule has 25 heavy (non-hydrogen) atoms. The zero-order valence-electron chi connectivity index (χ0n) is 13.5. The van der Waals surface area contributed by atoms with Crippen molar-refractivity contribution in [2.45, 2.75) is 0 Å². The van der Waals surface area contributed by atoms with Gasteiger partial charge in [0, 0.05) is 31.6 Å². The van der Waals surface area contributed by atoms with Crippen LogP contribution in [0.5, 0.6) is 0 Å². The quantitative estimate of drug-likeness (QED) is 0.509. The summed E-state index contributed by atoms with van der Waals surface area (Å²) in [5, 5.41) is 18.2. The van der Waals surface area contributed by atoms with Crippen LogP contribution in [0.1, 0.15) is 5.56 Å². The van der Waals surface area contributed by atoms with E-state index in [-0.39, 0.29) is 5.91 Å². The maximum absolute atomic E-state index is 11.7. The third-order valence-corrected chi connectivity index (χ3v) is 3.35. The fourth-order valence-electron chi connectivity index (χ4n) is 2.12. The first-order chi connectivity index (χ1) is 12.3. The predicted molar refractivity (Wildman–Crippen MR) is 96.1 cm³/mol. The van der Waals surface area contributed by atoms with Gasteiger partial charge >= 0.3 is 0 Å². The molecule has 0 saturated carbocycles. The van der Waals surface area contributed by atoms with Crippen molar-refractivity contribution in [2.75, 3.05) is 18.4 Å². The lowest BCUT2D eigenvalue weighted by molar-refractivity contribution is -0.116. The normalized spacial score (nSPS) is 10.7. The Balaban J connectivity index is 1.39. The molecule has 2 aromatic heterocycles. The molecule has 1 amide bonds. The highest BCUT2D eigenvalue weighted by molar-refractivity contribution is 5.91. The van der Waals surface area contributed by atoms with Gasteiger partial charge in [-0.3, -0.25) is 4.79 Å². The van der Waals surface area contributed by atoms with Crippen molar-refractivity contribution in [3.63, 3.8) is 0 Å². The Labute approximate surface area is 145 Å². The lowest BCUT2D eigenvalue weighted by Crippen LogP contribution is -2.27. The van der Waals surface area contributed by atoms with Crippen molar-refractivity contribution < 1.29 is 4.79 Å². The van der Waals surface area contributed by atoms with Gasteiger partial charge in [-0.25, -0.2) is 4.68 Å². The van der Waals surface area contributed by atoms with Crippen molar-refractivity contribution in [1.29, 1.82) is 0 Å². The molecule has 0 fully saturated rings. The van der Waals surface area contributed by atoms with E-state index in [0.717, 1.165) is 5.56 Å². The molecular formula is C18H18N6O. The molecule has 0 atom stereocenters. The topological polar surface area (TPSA) is 84.7 Å². The molecule has 0 bridgehead atoms. The number of amides is 1. The maximum Gasteiger partial charge on any atom is 0.244 e. The first-order valence-corrected chi connectivity index (χ1v) is 7.90. The van der Waals surface area contributed by atoms with Gasteiger partial charge in [0.25, 0.3) is 0 Å². The molecule has 126 valence electrons. The highest BCUT2D eigenvalue weighted by atomic mass is 16.1. The Hall–Kier alpha value is -3.48. The second-order valence-electron chi connectivity index (χ2n) is 5.19. The smallest absolute Gasteiger partial charge is 0.244 e. The molecule has 0 aliphatic carbocycles. The van der Waals surface area contributed by atoms with Gasteiger partial charge in [0.1, 0.15) is 5.82 Å². The zero-order valence-corrected chi connectivity index (χ0v) is 13.5. The first-order valence-electron chi connectivity index (χ1n) is 7.90. The highest BCUT2D eigenvalue weighted by Crippen LogP contribution is 2.05. The number of hydrogen-bond acceptors (Lipinski definition) is 5. The van der Waals surface area contributed by atoms with E-state index in [1.807, 2.05) is 48.5 Å². The van der Waals surface area contributed by atoms with Crippen LogP contribution in [0.25, 0.3) is 11.9 Å². The number of anilines is 1. The second kappa shape index (κ2) is 8.39. The number of nitrogens with zero attached hydrogens (tertiary/aromatic N) is 4. The summed E-state index contributed by atoms with van der Waals surface area (Å²) >= 11 is 0. The Morgan fingerprint density at radius 2 is 1.92 bits per heavy atom. The second-order valence-corrected chi connectivity index (χ2v) is 5.19. The van der Waals surface area contributed by atoms with E-state index in [2.05, 4.69) is 25.9 Å². The molecule has 0 radical (unpaired) electrons. The number of hydrogen-bond donors (Lipinski definition) is 2. The van der Waals surface area contributed by atoms with Crippen LogP contribution in [0.3, 0.4) is 0 Å². The van der Waals surface area contributed by atoms with Crippen LogP contribution in [0.2, 0.25) is 0 Å². The van der Waals surface area contributed by atoms with Crippen LogP contribution in [-0.4, -0.2) is 39.0 Å². The van der Waals surface area contributed by atoms with E-state index >= 15 is 0 Å². The number of carbonyl (C=O) groups excluding carboxylic acids is 1. The van der Waals surface area contributed by atoms with Crippen LogP contribution in [0.4, 0.5) is 5.82 Å². The van der Waals surface area contributed by atoms with Crippen molar-refractivity contribution in [3.8, 4) is 5.82 Å². The monoisotopic (exact) mass is 334 g/mol. The largest absolute Gasteiger partial charge is 0.367 e. The van der Waals surface area contributed by atoms with Crippen LogP contribution in [0.15, 0.2) is 67.0 Å². The van der Waals surface area contributed by atoms with E-state index in [0.29, 0.717) is 24.7 Å². The van der Waals surface area contributed by atoms with Gasteiger partial charge in [-0.1, -0.05) is 30.3 Å². The molecule has 2 heterocycles. The number of nitrogens with one attached hydrogen (secondary N) is 2. The van der Waals surface area contributed by atoms with E-state index in [1.54, 1.807) is 23.2 Å². The highest BCUT2D eigenvalue weighted by Gasteiger charge is 2.00. The third kappa shape index (κ3) is 5.00. The number of rotatable bonds is 7. The average molecular weight is 334 g/mol. The fourth-order valence-corrected chi connectivity index (χ4v) is 2.12. The van der Waals surface area contributed by atoms with Crippen LogP contribution in [0, 0.1) is 0 Å². The SMILES string of the molecule is O=C(/C=C/c1ccccc1)NCCNc1ccc(-n2cccn2)nn1. The molecule has 7 nitrogen and oxygen atoms in total. The molecular weight excluding hydrogens is 316 g/mol. The predicted octanol–water partition coefficient (Wildman–Crippen LogP) is 1.90. The van der Waals surface area contributed by atoms with Crippen molar-refractivity contribution in [3.05, 3.63) is 72.6 Å². The number of benzene rings is 1. The van der Waals surface area contributed by atoms with Gasteiger partial charge in [0.2, 0.25) is 5.91 Å².